The highest BCUT2D eigenvalue weighted by Gasteiger charge is 2.32. The standard InChI is InChI=1S/C21H23NO5S/c1-14-4-6-16(7-5-14)11-21(24)27-13-20(23)17-8-9-19-18(12-17)10-15(2)22(19)28(3,25)26/h4-9,12,15H,10-11,13H2,1-3H3/t15-/m1/s1. The smallest absolute Gasteiger partial charge is 0.310 e. The van der Waals surface area contributed by atoms with Crippen LogP contribution in [0.25, 0.3) is 0 Å². The Kier molecular flexibility index (Phi) is 5.56. The van der Waals surface area contributed by atoms with Crippen molar-refractivity contribution in [1.29, 1.82) is 0 Å². The fraction of sp³-hybridized carbons (Fsp3) is 0.333. The van der Waals surface area contributed by atoms with E-state index in [4.69, 9.17) is 4.74 Å². The van der Waals surface area contributed by atoms with Gasteiger partial charge in [0.15, 0.2) is 12.4 Å². The predicted octanol–water partition coefficient (Wildman–Crippen LogP) is 2.67. The number of ether oxygens (including phenoxy) is 1. The number of benzene rings is 2. The number of hydrogen-bond donors (Lipinski definition) is 0. The van der Waals surface area contributed by atoms with Crippen LogP contribution in [-0.4, -0.2) is 39.1 Å². The molecule has 1 atom stereocenters. The summed E-state index contributed by atoms with van der Waals surface area (Å²) in [6.45, 7) is 3.46. The fourth-order valence-electron chi connectivity index (χ4n) is 3.43. The third-order valence-corrected chi connectivity index (χ3v) is 6.02. The molecule has 0 aliphatic carbocycles. The first kappa shape index (κ1) is 20.1. The lowest BCUT2D eigenvalue weighted by Crippen LogP contribution is -2.34. The molecule has 0 radical (unpaired) electrons. The third kappa shape index (κ3) is 4.42. The lowest BCUT2D eigenvalue weighted by atomic mass is 10.0. The summed E-state index contributed by atoms with van der Waals surface area (Å²) in [5, 5.41) is 0. The monoisotopic (exact) mass is 401 g/mol. The van der Waals surface area contributed by atoms with Crippen molar-refractivity contribution in [2.75, 3.05) is 17.2 Å². The lowest BCUT2D eigenvalue weighted by molar-refractivity contribution is -0.141. The van der Waals surface area contributed by atoms with Crippen molar-refractivity contribution in [3.05, 3.63) is 64.7 Å². The number of aryl methyl sites for hydroxylation is 1. The number of carbonyl (C=O) groups is 2. The second-order valence-electron chi connectivity index (χ2n) is 7.20. The molecule has 0 bridgehead atoms. The number of nitrogens with zero attached hydrogens (tertiary/aromatic N) is 1. The number of rotatable bonds is 6. The highest BCUT2D eigenvalue weighted by atomic mass is 32.2. The molecule has 2 aromatic rings. The number of ketones is 1. The molecular weight excluding hydrogens is 378 g/mol. The summed E-state index contributed by atoms with van der Waals surface area (Å²) in [5.74, 6) is -0.777. The molecular formula is C21H23NO5S. The summed E-state index contributed by atoms with van der Waals surface area (Å²) in [7, 11) is -3.37. The second kappa shape index (κ2) is 7.75. The van der Waals surface area contributed by atoms with Gasteiger partial charge in [-0.3, -0.25) is 13.9 Å². The van der Waals surface area contributed by atoms with Crippen molar-refractivity contribution >= 4 is 27.5 Å². The van der Waals surface area contributed by atoms with E-state index in [-0.39, 0.29) is 24.9 Å². The van der Waals surface area contributed by atoms with Crippen molar-refractivity contribution < 1.29 is 22.7 Å². The predicted molar refractivity (Wildman–Crippen MR) is 107 cm³/mol. The van der Waals surface area contributed by atoms with Gasteiger partial charge in [0.2, 0.25) is 10.0 Å². The summed E-state index contributed by atoms with van der Waals surface area (Å²) in [5.41, 5.74) is 3.74. The van der Waals surface area contributed by atoms with Gasteiger partial charge in [0.05, 0.1) is 18.4 Å². The average Bonchev–Trinajstić information content (AvgIpc) is 2.96. The van der Waals surface area contributed by atoms with Crippen LogP contribution in [0.5, 0.6) is 0 Å². The van der Waals surface area contributed by atoms with Crippen LogP contribution in [0.4, 0.5) is 5.69 Å². The van der Waals surface area contributed by atoms with E-state index < -0.39 is 16.0 Å². The van der Waals surface area contributed by atoms with Crippen LogP contribution in [0.3, 0.4) is 0 Å². The maximum absolute atomic E-state index is 12.4. The van der Waals surface area contributed by atoms with E-state index in [2.05, 4.69) is 0 Å². The number of hydrogen-bond acceptors (Lipinski definition) is 5. The summed E-state index contributed by atoms with van der Waals surface area (Å²) in [4.78, 5) is 24.4. The molecule has 3 rings (SSSR count). The van der Waals surface area contributed by atoms with E-state index in [0.29, 0.717) is 17.7 Å². The van der Waals surface area contributed by atoms with Gasteiger partial charge in [-0.1, -0.05) is 29.8 Å². The normalized spacial score (nSPS) is 16.0. The number of Topliss-reactive ketones (excluding diaryl/α,β-unsaturated/α-hetero) is 1. The van der Waals surface area contributed by atoms with Crippen LogP contribution >= 0.6 is 0 Å². The molecule has 6 nitrogen and oxygen atoms in total. The Hall–Kier alpha value is -2.67. The molecule has 2 aromatic carbocycles. The van der Waals surface area contributed by atoms with Crippen molar-refractivity contribution in [3.63, 3.8) is 0 Å². The molecule has 0 amide bonds. The molecule has 7 heteroatoms. The van der Waals surface area contributed by atoms with E-state index in [1.807, 2.05) is 38.1 Å². The average molecular weight is 401 g/mol. The zero-order valence-corrected chi connectivity index (χ0v) is 17.0. The molecule has 0 spiro atoms. The summed E-state index contributed by atoms with van der Waals surface area (Å²) < 4.78 is 30.4. The Labute approximate surface area is 165 Å². The Morgan fingerprint density at radius 2 is 1.82 bits per heavy atom. The van der Waals surface area contributed by atoms with Crippen molar-refractivity contribution in [2.45, 2.75) is 32.7 Å². The molecule has 0 aromatic heterocycles. The number of carbonyl (C=O) groups excluding carboxylic acids is 2. The fourth-order valence-corrected chi connectivity index (χ4v) is 4.70. The van der Waals surface area contributed by atoms with E-state index in [0.717, 1.165) is 16.7 Å². The summed E-state index contributed by atoms with van der Waals surface area (Å²) >= 11 is 0. The van der Waals surface area contributed by atoms with Gasteiger partial charge in [-0.2, -0.15) is 0 Å². The molecule has 1 aliphatic rings. The number of esters is 1. The van der Waals surface area contributed by atoms with Gasteiger partial charge >= 0.3 is 5.97 Å². The molecule has 0 fully saturated rings. The molecule has 28 heavy (non-hydrogen) atoms. The maximum atomic E-state index is 12.4. The number of sulfonamides is 1. The Balaban J connectivity index is 1.63. The van der Waals surface area contributed by atoms with Gasteiger partial charge < -0.3 is 4.74 Å². The first-order valence-corrected chi connectivity index (χ1v) is 10.9. The quantitative estimate of drug-likeness (QED) is 0.549. The lowest BCUT2D eigenvalue weighted by Gasteiger charge is -2.21. The van der Waals surface area contributed by atoms with Crippen molar-refractivity contribution in [3.8, 4) is 0 Å². The van der Waals surface area contributed by atoms with Gasteiger partial charge in [-0.15, -0.1) is 0 Å². The molecule has 1 heterocycles. The zero-order chi connectivity index (χ0) is 20.5. The largest absolute Gasteiger partial charge is 0.457 e. The maximum Gasteiger partial charge on any atom is 0.310 e. The minimum atomic E-state index is -3.37. The van der Waals surface area contributed by atoms with Crippen molar-refractivity contribution in [2.24, 2.45) is 0 Å². The SMILES string of the molecule is Cc1ccc(CC(=O)OCC(=O)c2ccc3c(c2)C[C@@H](C)N3S(C)(=O)=O)cc1. The van der Waals surface area contributed by atoms with Gasteiger partial charge in [-0.05, 0) is 49.6 Å². The van der Waals surface area contributed by atoms with Crippen LogP contribution < -0.4 is 4.31 Å². The minimum Gasteiger partial charge on any atom is -0.457 e. The summed E-state index contributed by atoms with van der Waals surface area (Å²) in [6.07, 6.45) is 1.82. The first-order chi connectivity index (χ1) is 13.1. The van der Waals surface area contributed by atoms with E-state index >= 15 is 0 Å². The Morgan fingerprint density at radius 1 is 1.14 bits per heavy atom. The van der Waals surface area contributed by atoms with Crippen molar-refractivity contribution in [1.82, 2.24) is 0 Å². The Bertz CT molecular complexity index is 1010. The molecule has 0 N–H and O–H groups in total. The Morgan fingerprint density at radius 3 is 2.46 bits per heavy atom. The molecule has 0 saturated carbocycles. The van der Waals surface area contributed by atoms with Gasteiger partial charge in [0.1, 0.15) is 0 Å². The summed E-state index contributed by atoms with van der Waals surface area (Å²) in [6, 6.07) is 12.3. The van der Waals surface area contributed by atoms with Gasteiger partial charge in [0.25, 0.3) is 0 Å². The topological polar surface area (TPSA) is 80.8 Å². The highest BCUT2D eigenvalue weighted by molar-refractivity contribution is 7.92. The molecule has 1 aliphatic heterocycles. The highest BCUT2D eigenvalue weighted by Crippen LogP contribution is 2.34. The first-order valence-electron chi connectivity index (χ1n) is 9.02. The second-order valence-corrected chi connectivity index (χ2v) is 9.06. The van der Waals surface area contributed by atoms with Crippen LogP contribution in [0.15, 0.2) is 42.5 Å². The van der Waals surface area contributed by atoms with Crippen LogP contribution in [0.1, 0.15) is 34.0 Å². The van der Waals surface area contributed by atoms with E-state index in [9.17, 15) is 18.0 Å². The van der Waals surface area contributed by atoms with Crippen LogP contribution in [-0.2, 0) is 32.4 Å². The molecule has 0 unspecified atom stereocenters. The minimum absolute atomic E-state index is 0.110. The number of anilines is 1. The van der Waals surface area contributed by atoms with E-state index in [1.54, 1.807) is 18.2 Å². The zero-order valence-electron chi connectivity index (χ0n) is 16.1. The van der Waals surface area contributed by atoms with Crippen LogP contribution in [0, 0.1) is 6.92 Å². The van der Waals surface area contributed by atoms with Gasteiger partial charge in [0, 0.05) is 11.6 Å². The van der Waals surface area contributed by atoms with Gasteiger partial charge in [-0.25, -0.2) is 8.42 Å². The molecule has 0 saturated heterocycles. The van der Waals surface area contributed by atoms with E-state index in [1.165, 1.54) is 10.6 Å². The van der Waals surface area contributed by atoms with Crippen LogP contribution in [0.2, 0.25) is 0 Å². The number of fused-ring (bicyclic) bond motifs is 1. The molecule has 148 valence electrons. The third-order valence-electron chi connectivity index (χ3n) is 4.75.